The summed E-state index contributed by atoms with van der Waals surface area (Å²) >= 11 is 2.12. The van der Waals surface area contributed by atoms with E-state index in [1.54, 1.807) is 13.2 Å². The fraction of sp³-hybridized carbons (Fsp3) is 0.333. The van der Waals surface area contributed by atoms with Gasteiger partial charge in [0.2, 0.25) is 0 Å². The highest BCUT2D eigenvalue weighted by Crippen LogP contribution is 2.19. The van der Waals surface area contributed by atoms with Gasteiger partial charge in [0, 0.05) is 0 Å². The lowest BCUT2D eigenvalue weighted by atomic mass is 10.3. The average Bonchev–Trinajstić information content (AvgIpc) is 2.13. The van der Waals surface area contributed by atoms with Crippen LogP contribution < -0.4 is 0 Å². The molecule has 1 rings (SSSR count). The van der Waals surface area contributed by atoms with Gasteiger partial charge in [-0.05, 0) is 35.6 Å². The van der Waals surface area contributed by atoms with Crippen LogP contribution in [-0.4, -0.2) is 5.11 Å². The summed E-state index contributed by atoms with van der Waals surface area (Å²) in [6.45, 7) is 1.68. The molecule has 2 nitrogen and oxygen atoms in total. The van der Waals surface area contributed by atoms with Crippen LogP contribution in [0.15, 0.2) is 16.7 Å². The monoisotopic (exact) mass is 238 g/mol. The van der Waals surface area contributed by atoms with E-state index in [0.717, 1.165) is 3.57 Å². The van der Waals surface area contributed by atoms with Crippen LogP contribution in [-0.2, 0) is 0 Å². The van der Waals surface area contributed by atoms with E-state index in [4.69, 9.17) is 9.52 Å². The molecule has 1 aromatic heterocycles. The van der Waals surface area contributed by atoms with Gasteiger partial charge in [-0.15, -0.1) is 0 Å². The maximum atomic E-state index is 8.99. The van der Waals surface area contributed by atoms with Crippen LogP contribution >= 0.6 is 22.6 Å². The predicted molar refractivity (Wildman–Crippen MR) is 42.1 cm³/mol. The van der Waals surface area contributed by atoms with E-state index in [9.17, 15) is 0 Å². The summed E-state index contributed by atoms with van der Waals surface area (Å²) in [5, 5.41) is 8.99. The number of hydrogen-bond acceptors (Lipinski definition) is 2. The van der Waals surface area contributed by atoms with Gasteiger partial charge in [0.1, 0.15) is 11.9 Å². The van der Waals surface area contributed by atoms with Crippen LogP contribution in [0.4, 0.5) is 0 Å². The molecule has 0 saturated carbocycles. The van der Waals surface area contributed by atoms with E-state index < -0.39 is 6.10 Å². The molecular formula is C6H7IO2. The van der Waals surface area contributed by atoms with Crippen molar-refractivity contribution in [3.8, 4) is 0 Å². The molecule has 3 heteroatoms. The Labute approximate surface area is 67.0 Å². The number of furan rings is 1. The van der Waals surface area contributed by atoms with Crippen LogP contribution in [0.3, 0.4) is 0 Å². The maximum absolute atomic E-state index is 8.99. The van der Waals surface area contributed by atoms with Crippen molar-refractivity contribution in [2.24, 2.45) is 0 Å². The van der Waals surface area contributed by atoms with E-state index in [0.29, 0.717) is 5.76 Å². The molecule has 0 fully saturated rings. The number of rotatable bonds is 1. The van der Waals surface area contributed by atoms with Crippen molar-refractivity contribution in [3.05, 3.63) is 21.7 Å². The molecule has 1 aromatic rings. The van der Waals surface area contributed by atoms with Crippen molar-refractivity contribution in [1.82, 2.24) is 0 Å². The highest BCUT2D eigenvalue weighted by atomic mass is 127. The Hall–Kier alpha value is -0.0300. The zero-order valence-corrected chi connectivity index (χ0v) is 7.12. The van der Waals surface area contributed by atoms with Gasteiger partial charge in [0.15, 0.2) is 0 Å². The molecule has 0 aliphatic heterocycles. The van der Waals surface area contributed by atoms with Gasteiger partial charge in [-0.25, -0.2) is 0 Å². The van der Waals surface area contributed by atoms with Crippen LogP contribution in [0, 0.1) is 3.57 Å². The first-order valence-electron chi connectivity index (χ1n) is 2.63. The highest BCUT2D eigenvalue weighted by molar-refractivity contribution is 14.1. The molecule has 0 radical (unpaired) electrons. The Morgan fingerprint density at radius 1 is 1.78 bits per heavy atom. The summed E-state index contributed by atoms with van der Waals surface area (Å²) in [7, 11) is 0. The van der Waals surface area contributed by atoms with Crippen LogP contribution in [0.25, 0.3) is 0 Å². The van der Waals surface area contributed by atoms with E-state index in [2.05, 4.69) is 22.6 Å². The standard InChI is InChI=1S/C6H7IO2/c1-4(8)6-5(7)2-3-9-6/h2-4,8H,1H3. The molecular weight excluding hydrogens is 231 g/mol. The lowest BCUT2D eigenvalue weighted by molar-refractivity contribution is 0.168. The molecule has 0 aliphatic carbocycles. The Morgan fingerprint density at radius 3 is 2.67 bits per heavy atom. The second-order valence-corrected chi connectivity index (χ2v) is 2.97. The summed E-state index contributed by atoms with van der Waals surface area (Å²) in [6, 6.07) is 1.82. The normalized spacial score (nSPS) is 13.7. The van der Waals surface area contributed by atoms with E-state index >= 15 is 0 Å². The third kappa shape index (κ3) is 1.46. The minimum Gasteiger partial charge on any atom is -0.465 e. The van der Waals surface area contributed by atoms with E-state index in [-0.39, 0.29) is 0 Å². The predicted octanol–water partition coefficient (Wildman–Crippen LogP) is 1.94. The first kappa shape index (κ1) is 7.08. The Bertz CT molecular complexity index is 193. The lowest BCUT2D eigenvalue weighted by Gasteiger charge is -1.97. The summed E-state index contributed by atoms with van der Waals surface area (Å²) in [4.78, 5) is 0. The maximum Gasteiger partial charge on any atom is 0.145 e. The van der Waals surface area contributed by atoms with Crippen molar-refractivity contribution in [3.63, 3.8) is 0 Å². The second kappa shape index (κ2) is 2.70. The molecule has 1 atom stereocenters. The fourth-order valence-electron chi connectivity index (χ4n) is 0.604. The van der Waals surface area contributed by atoms with Crippen molar-refractivity contribution >= 4 is 22.6 Å². The van der Waals surface area contributed by atoms with Gasteiger partial charge in [0.25, 0.3) is 0 Å². The summed E-state index contributed by atoms with van der Waals surface area (Å²) in [5.74, 6) is 0.649. The Morgan fingerprint density at radius 2 is 2.44 bits per heavy atom. The second-order valence-electron chi connectivity index (χ2n) is 1.81. The summed E-state index contributed by atoms with van der Waals surface area (Å²) in [6.07, 6.45) is 1.08. The number of aliphatic hydroxyl groups excluding tert-OH is 1. The zero-order chi connectivity index (χ0) is 6.85. The van der Waals surface area contributed by atoms with Gasteiger partial charge in [0.05, 0.1) is 9.83 Å². The molecule has 50 valence electrons. The zero-order valence-electron chi connectivity index (χ0n) is 4.97. The largest absolute Gasteiger partial charge is 0.465 e. The quantitative estimate of drug-likeness (QED) is 0.758. The van der Waals surface area contributed by atoms with E-state index in [1.807, 2.05) is 6.07 Å². The van der Waals surface area contributed by atoms with Crippen LogP contribution in [0.5, 0.6) is 0 Å². The number of halogens is 1. The molecule has 1 N–H and O–H groups in total. The molecule has 0 amide bonds. The molecule has 0 spiro atoms. The molecule has 1 unspecified atom stereocenters. The molecule has 0 aromatic carbocycles. The third-order valence-electron chi connectivity index (χ3n) is 1.02. The summed E-state index contributed by atoms with van der Waals surface area (Å²) in [5.41, 5.74) is 0. The first-order chi connectivity index (χ1) is 4.22. The SMILES string of the molecule is CC(O)c1occc1I. The van der Waals surface area contributed by atoms with Crippen molar-refractivity contribution < 1.29 is 9.52 Å². The smallest absolute Gasteiger partial charge is 0.145 e. The Kier molecular flexibility index (Phi) is 2.13. The Balaban J connectivity index is 2.94. The summed E-state index contributed by atoms with van der Waals surface area (Å²) < 4.78 is 5.94. The topological polar surface area (TPSA) is 33.4 Å². The third-order valence-corrected chi connectivity index (χ3v) is 1.92. The number of hydrogen-bond donors (Lipinski definition) is 1. The molecule has 0 bridgehead atoms. The van der Waals surface area contributed by atoms with Crippen molar-refractivity contribution in [2.75, 3.05) is 0 Å². The first-order valence-corrected chi connectivity index (χ1v) is 3.70. The molecule has 0 aliphatic rings. The average molecular weight is 238 g/mol. The van der Waals surface area contributed by atoms with Gasteiger partial charge >= 0.3 is 0 Å². The van der Waals surface area contributed by atoms with Crippen molar-refractivity contribution in [1.29, 1.82) is 0 Å². The van der Waals surface area contributed by atoms with Crippen LogP contribution in [0.2, 0.25) is 0 Å². The van der Waals surface area contributed by atoms with Gasteiger partial charge in [-0.1, -0.05) is 0 Å². The van der Waals surface area contributed by atoms with Gasteiger partial charge in [-0.2, -0.15) is 0 Å². The van der Waals surface area contributed by atoms with Crippen molar-refractivity contribution in [2.45, 2.75) is 13.0 Å². The fourth-order valence-corrected chi connectivity index (χ4v) is 1.33. The highest BCUT2D eigenvalue weighted by Gasteiger charge is 2.07. The van der Waals surface area contributed by atoms with Gasteiger partial charge < -0.3 is 9.52 Å². The molecule has 1 heterocycles. The lowest BCUT2D eigenvalue weighted by Crippen LogP contribution is -1.88. The van der Waals surface area contributed by atoms with Gasteiger partial charge in [-0.3, -0.25) is 0 Å². The molecule has 9 heavy (non-hydrogen) atoms. The molecule has 0 saturated heterocycles. The minimum absolute atomic E-state index is 0.494. The number of aliphatic hydroxyl groups is 1. The van der Waals surface area contributed by atoms with Crippen LogP contribution in [0.1, 0.15) is 18.8 Å². The minimum atomic E-state index is -0.494. The van der Waals surface area contributed by atoms with E-state index in [1.165, 1.54) is 0 Å².